The molecule has 1 aliphatic carbocycles. The van der Waals surface area contributed by atoms with E-state index in [1.54, 1.807) is 12.1 Å². The van der Waals surface area contributed by atoms with E-state index in [1.807, 2.05) is 6.07 Å². The third kappa shape index (κ3) is 3.55. The lowest BCUT2D eigenvalue weighted by Crippen LogP contribution is -2.41. The Morgan fingerprint density at radius 3 is 2.89 bits per heavy atom. The molecule has 0 heterocycles. The largest absolute Gasteiger partial charge is 0.325 e. The fourth-order valence-electron chi connectivity index (χ4n) is 3.14. The monoisotopic (exact) mass is 249 g/mol. The highest BCUT2D eigenvalue weighted by atomic mass is 19.1. The van der Waals surface area contributed by atoms with Crippen molar-refractivity contribution in [2.75, 3.05) is 0 Å². The van der Waals surface area contributed by atoms with Gasteiger partial charge in [0.25, 0.3) is 0 Å². The summed E-state index contributed by atoms with van der Waals surface area (Å²) >= 11 is 0. The van der Waals surface area contributed by atoms with Crippen LogP contribution in [0.1, 0.15) is 51.0 Å². The molecule has 0 radical (unpaired) electrons. The number of nitrogens with two attached hydrogens (primary N) is 1. The van der Waals surface area contributed by atoms with Crippen LogP contribution in [0.3, 0.4) is 0 Å². The van der Waals surface area contributed by atoms with Gasteiger partial charge in [0.15, 0.2) is 0 Å². The third-order valence-corrected chi connectivity index (χ3v) is 4.36. The Balaban J connectivity index is 2.02. The van der Waals surface area contributed by atoms with Crippen LogP contribution in [0.4, 0.5) is 4.39 Å². The molecule has 1 saturated carbocycles. The summed E-state index contributed by atoms with van der Waals surface area (Å²) in [5.74, 6) is 0.680. The second-order valence-corrected chi connectivity index (χ2v) is 5.87. The van der Waals surface area contributed by atoms with E-state index in [4.69, 9.17) is 5.73 Å². The van der Waals surface area contributed by atoms with E-state index in [9.17, 15) is 4.39 Å². The number of halogens is 1. The maximum absolute atomic E-state index is 13.2. The molecule has 2 rings (SSSR count). The quantitative estimate of drug-likeness (QED) is 0.803. The molecular formula is C16H24FN. The van der Waals surface area contributed by atoms with Crippen molar-refractivity contribution in [2.24, 2.45) is 11.7 Å². The summed E-state index contributed by atoms with van der Waals surface area (Å²) in [6.07, 6.45) is 7.95. The van der Waals surface area contributed by atoms with E-state index in [0.29, 0.717) is 0 Å². The van der Waals surface area contributed by atoms with Crippen molar-refractivity contribution < 1.29 is 4.39 Å². The number of hydrogen-bond donors (Lipinski definition) is 1. The molecule has 0 saturated heterocycles. The number of benzene rings is 1. The topological polar surface area (TPSA) is 26.0 Å². The first-order valence-corrected chi connectivity index (χ1v) is 7.15. The van der Waals surface area contributed by atoms with Crippen molar-refractivity contribution in [3.05, 3.63) is 35.6 Å². The highest BCUT2D eigenvalue weighted by Gasteiger charge is 2.29. The van der Waals surface area contributed by atoms with E-state index in [-0.39, 0.29) is 11.4 Å². The molecule has 2 heteroatoms. The normalized spacial score (nSPS) is 28.9. The van der Waals surface area contributed by atoms with Gasteiger partial charge in [0, 0.05) is 5.54 Å². The third-order valence-electron chi connectivity index (χ3n) is 4.36. The maximum Gasteiger partial charge on any atom is 0.123 e. The average molecular weight is 249 g/mol. The zero-order chi connectivity index (χ0) is 13.0. The maximum atomic E-state index is 13.2. The fraction of sp³-hybridized carbons (Fsp3) is 0.625. The summed E-state index contributed by atoms with van der Waals surface area (Å²) in [7, 11) is 0. The molecule has 2 atom stereocenters. The minimum absolute atomic E-state index is 0.127. The van der Waals surface area contributed by atoms with Crippen molar-refractivity contribution in [1.29, 1.82) is 0 Å². The molecule has 2 unspecified atom stereocenters. The molecule has 2 N–H and O–H groups in total. The van der Waals surface area contributed by atoms with Gasteiger partial charge in [-0.1, -0.05) is 38.3 Å². The van der Waals surface area contributed by atoms with Crippen LogP contribution in [0.2, 0.25) is 0 Å². The van der Waals surface area contributed by atoms with Gasteiger partial charge >= 0.3 is 0 Å². The highest BCUT2D eigenvalue weighted by Crippen LogP contribution is 2.32. The minimum Gasteiger partial charge on any atom is -0.325 e. The second kappa shape index (κ2) is 5.83. The van der Waals surface area contributed by atoms with E-state index < -0.39 is 0 Å². The van der Waals surface area contributed by atoms with Gasteiger partial charge in [-0.2, -0.15) is 0 Å². The predicted octanol–water partition coefficient (Wildman–Crippen LogP) is 4.06. The van der Waals surface area contributed by atoms with Crippen LogP contribution >= 0.6 is 0 Å². The van der Waals surface area contributed by atoms with Gasteiger partial charge in [-0.15, -0.1) is 0 Å². The molecule has 1 fully saturated rings. The molecule has 1 nitrogen and oxygen atoms in total. The van der Waals surface area contributed by atoms with Crippen LogP contribution in [-0.4, -0.2) is 5.54 Å². The van der Waals surface area contributed by atoms with E-state index in [0.717, 1.165) is 30.7 Å². The van der Waals surface area contributed by atoms with Gasteiger partial charge in [-0.05, 0) is 49.3 Å². The minimum atomic E-state index is -0.156. The van der Waals surface area contributed by atoms with Crippen LogP contribution in [0.15, 0.2) is 24.3 Å². The zero-order valence-electron chi connectivity index (χ0n) is 11.3. The van der Waals surface area contributed by atoms with E-state index in [1.165, 1.54) is 31.7 Å². The van der Waals surface area contributed by atoms with Crippen LogP contribution in [0.5, 0.6) is 0 Å². The summed E-state index contributed by atoms with van der Waals surface area (Å²) in [6.45, 7) is 2.26. The smallest absolute Gasteiger partial charge is 0.123 e. The molecule has 0 aliphatic heterocycles. The van der Waals surface area contributed by atoms with Crippen molar-refractivity contribution in [3.63, 3.8) is 0 Å². The summed E-state index contributed by atoms with van der Waals surface area (Å²) in [5.41, 5.74) is 7.44. The Bertz CT molecular complexity index is 390. The van der Waals surface area contributed by atoms with Gasteiger partial charge in [-0.25, -0.2) is 4.39 Å². The number of rotatable bonds is 3. The molecule has 100 valence electrons. The molecule has 1 aromatic carbocycles. The van der Waals surface area contributed by atoms with Gasteiger partial charge in [0.05, 0.1) is 0 Å². The van der Waals surface area contributed by atoms with Gasteiger partial charge in [-0.3, -0.25) is 0 Å². The number of hydrogen-bond acceptors (Lipinski definition) is 1. The predicted molar refractivity (Wildman–Crippen MR) is 73.9 cm³/mol. The van der Waals surface area contributed by atoms with Crippen LogP contribution in [0, 0.1) is 11.7 Å². The molecule has 0 amide bonds. The van der Waals surface area contributed by atoms with Crippen molar-refractivity contribution in [3.8, 4) is 0 Å². The second-order valence-electron chi connectivity index (χ2n) is 5.87. The molecule has 0 bridgehead atoms. The molecule has 18 heavy (non-hydrogen) atoms. The Morgan fingerprint density at radius 1 is 1.33 bits per heavy atom. The molecule has 1 aromatic rings. The first kappa shape index (κ1) is 13.5. The summed E-state index contributed by atoms with van der Waals surface area (Å²) in [5, 5.41) is 0. The summed E-state index contributed by atoms with van der Waals surface area (Å²) < 4.78 is 13.2. The van der Waals surface area contributed by atoms with E-state index in [2.05, 4.69) is 6.92 Å². The first-order chi connectivity index (χ1) is 8.61. The lowest BCUT2D eigenvalue weighted by Gasteiger charge is -2.28. The van der Waals surface area contributed by atoms with Crippen LogP contribution < -0.4 is 5.73 Å². The Kier molecular flexibility index (Phi) is 4.39. The van der Waals surface area contributed by atoms with Crippen LogP contribution in [0.25, 0.3) is 0 Å². The van der Waals surface area contributed by atoms with E-state index >= 15 is 0 Å². The zero-order valence-corrected chi connectivity index (χ0v) is 11.3. The van der Waals surface area contributed by atoms with Gasteiger partial charge in [0.2, 0.25) is 0 Å². The fourth-order valence-corrected chi connectivity index (χ4v) is 3.14. The lowest BCUT2D eigenvalue weighted by molar-refractivity contribution is 0.358. The first-order valence-electron chi connectivity index (χ1n) is 7.15. The van der Waals surface area contributed by atoms with Gasteiger partial charge in [0.1, 0.15) is 5.82 Å². The Hall–Kier alpha value is -0.890. The molecule has 1 aliphatic rings. The van der Waals surface area contributed by atoms with Crippen molar-refractivity contribution in [2.45, 2.75) is 57.4 Å². The SMILES string of the molecule is CCC1CCCC(N)(Cc2cccc(F)c2)CC1. The lowest BCUT2D eigenvalue weighted by atomic mass is 9.84. The van der Waals surface area contributed by atoms with Crippen molar-refractivity contribution in [1.82, 2.24) is 0 Å². The Morgan fingerprint density at radius 2 is 2.17 bits per heavy atom. The van der Waals surface area contributed by atoms with Crippen LogP contribution in [-0.2, 0) is 6.42 Å². The average Bonchev–Trinajstić information content (AvgIpc) is 2.51. The summed E-state index contributed by atoms with van der Waals surface area (Å²) in [4.78, 5) is 0. The molecular weight excluding hydrogens is 225 g/mol. The Labute approximate surface area is 110 Å². The molecule has 0 spiro atoms. The summed E-state index contributed by atoms with van der Waals surface area (Å²) in [6, 6.07) is 6.88. The standard InChI is InChI=1S/C16H24FN/c1-2-13-6-4-9-16(18,10-8-13)12-14-5-3-7-15(17)11-14/h3,5,7,11,13H,2,4,6,8-10,12,18H2,1H3. The highest BCUT2D eigenvalue weighted by molar-refractivity contribution is 5.19. The molecule has 0 aromatic heterocycles. The van der Waals surface area contributed by atoms with Gasteiger partial charge < -0.3 is 5.73 Å². The van der Waals surface area contributed by atoms with Crippen molar-refractivity contribution >= 4 is 0 Å².